The Morgan fingerprint density at radius 1 is 0.955 bits per heavy atom. The largest absolute Gasteiger partial charge is 0.403 e. The molecule has 0 N–H and O–H groups in total. The predicted octanol–water partition coefficient (Wildman–Crippen LogP) is 5.70. The molecular weight excluding hydrogens is 300 g/mol. The fraction of sp³-hybridized carbons (Fsp3) is 0.789. The second-order valence-electron chi connectivity index (χ2n) is 9.37. The molecule has 1 atom stereocenters. The third-order valence-electron chi connectivity index (χ3n) is 4.23. The van der Waals surface area contributed by atoms with Gasteiger partial charge in [-0.25, -0.2) is 0 Å². The summed E-state index contributed by atoms with van der Waals surface area (Å²) in [5, 5.41) is 0.193. The van der Waals surface area contributed by atoms with Gasteiger partial charge in [0.2, 0.25) is 0 Å². The van der Waals surface area contributed by atoms with Crippen LogP contribution in [-0.4, -0.2) is 22.5 Å². The summed E-state index contributed by atoms with van der Waals surface area (Å²) >= 11 is 0. The minimum Gasteiger partial charge on any atom is -0.403 e. The molecule has 0 aromatic rings. The van der Waals surface area contributed by atoms with E-state index in [1.54, 1.807) is 0 Å². The van der Waals surface area contributed by atoms with Crippen molar-refractivity contribution in [1.82, 2.24) is 0 Å². The molecule has 0 aromatic carbocycles. The van der Waals surface area contributed by atoms with Crippen molar-refractivity contribution < 1.29 is 4.43 Å². The fourth-order valence-corrected chi connectivity index (χ4v) is 3.43. The van der Waals surface area contributed by atoms with Crippen molar-refractivity contribution in [1.29, 1.82) is 0 Å². The molecule has 0 saturated carbocycles. The molecule has 0 amide bonds. The topological polar surface area (TPSA) is 9.23 Å². The van der Waals surface area contributed by atoms with Gasteiger partial charge in [0.15, 0.2) is 8.32 Å². The molecule has 0 fully saturated rings. The SMILES string of the molecule is CC#CCC(C)(C)C(C#C[Si](C)(C)C)O[Si](C)(C)C(C)(C)C. The molecule has 126 valence electrons. The molecule has 0 bridgehead atoms. The third kappa shape index (κ3) is 7.18. The molecular formula is C19H36OSi2. The van der Waals surface area contributed by atoms with Crippen molar-refractivity contribution in [3.63, 3.8) is 0 Å². The normalized spacial score (nSPS) is 14.5. The second-order valence-corrected chi connectivity index (χ2v) is 18.9. The van der Waals surface area contributed by atoms with Crippen LogP contribution < -0.4 is 0 Å². The van der Waals surface area contributed by atoms with Gasteiger partial charge in [-0.05, 0) is 25.1 Å². The summed E-state index contributed by atoms with van der Waals surface area (Å²) in [6, 6.07) is 0. The van der Waals surface area contributed by atoms with E-state index in [-0.39, 0.29) is 16.6 Å². The Labute approximate surface area is 141 Å². The summed E-state index contributed by atoms with van der Waals surface area (Å²) < 4.78 is 6.68. The molecule has 0 aliphatic heterocycles. The van der Waals surface area contributed by atoms with E-state index in [2.05, 4.69) is 90.7 Å². The van der Waals surface area contributed by atoms with Crippen LogP contribution in [0.15, 0.2) is 0 Å². The van der Waals surface area contributed by atoms with Gasteiger partial charge in [0.25, 0.3) is 0 Å². The van der Waals surface area contributed by atoms with Crippen LogP contribution in [0, 0.1) is 28.7 Å². The Kier molecular flexibility index (Phi) is 7.23. The molecule has 0 heterocycles. The number of hydrogen-bond acceptors (Lipinski definition) is 1. The van der Waals surface area contributed by atoms with Gasteiger partial charge < -0.3 is 4.43 Å². The standard InChI is InChI=1S/C19H36OSi2/c1-12-13-15-19(5,6)17(14-16-21(7,8)9)20-22(10,11)18(2,3)4/h17H,15H2,1-11H3. The second kappa shape index (κ2) is 7.39. The van der Waals surface area contributed by atoms with Gasteiger partial charge >= 0.3 is 0 Å². The van der Waals surface area contributed by atoms with E-state index in [0.717, 1.165) is 6.42 Å². The van der Waals surface area contributed by atoms with Gasteiger partial charge in [-0.1, -0.05) is 60.2 Å². The van der Waals surface area contributed by atoms with E-state index in [4.69, 9.17) is 4.43 Å². The van der Waals surface area contributed by atoms with Crippen LogP contribution in [0.25, 0.3) is 0 Å². The first kappa shape index (κ1) is 21.5. The van der Waals surface area contributed by atoms with Crippen LogP contribution in [0.4, 0.5) is 0 Å². The molecule has 1 unspecified atom stereocenters. The van der Waals surface area contributed by atoms with Crippen molar-refractivity contribution in [2.75, 3.05) is 0 Å². The van der Waals surface area contributed by atoms with Crippen molar-refractivity contribution >= 4 is 16.4 Å². The van der Waals surface area contributed by atoms with Gasteiger partial charge in [-0.15, -0.1) is 17.4 Å². The smallest absolute Gasteiger partial charge is 0.193 e. The minimum atomic E-state index is -1.85. The highest BCUT2D eigenvalue weighted by Crippen LogP contribution is 2.40. The van der Waals surface area contributed by atoms with E-state index >= 15 is 0 Å². The van der Waals surface area contributed by atoms with Crippen molar-refractivity contribution in [2.45, 2.75) is 91.8 Å². The maximum absolute atomic E-state index is 6.68. The maximum atomic E-state index is 6.68. The molecule has 1 nitrogen and oxygen atoms in total. The molecule has 0 aliphatic rings. The van der Waals surface area contributed by atoms with Gasteiger partial charge in [-0.3, -0.25) is 0 Å². The van der Waals surface area contributed by atoms with Crippen LogP contribution in [-0.2, 0) is 4.43 Å². The maximum Gasteiger partial charge on any atom is 0.193 e. The highest BCUT2D eigenvalue weighted by atomic mass is 28.4. The van der Waals surface area contributed by atoms with Crippen molar-refractivity contribution in [3.8, 4) is 23.3 Å². The third-order valence-corrected chi connectivity index (χ3v) is 9.56. The summed E-state index contributed by atoms with van der Waals surface area (Å²) in [7, 11) is -3.26. The van der Waals surface area contributed by atoms with Crippen LogP contribution in [0.3, 0.4) is 0 Å². The van der Waals surface area contributed by atoms with Crippen molar-refractivity contribution in [2.24, 2.45) is 5.41 Å². The molecule has 0 spiro atoms. The zero-order valence-electron chi connectivity index (χ0n) is 16.7. The summed E-state index contributed by atoms with van der Waals surface area (Å²) in [6.45, 7) is 24.6. The van der Waals surface area contributed by atoms with E-state index in [1.165, 1.54) is 0 Å². The first-order valence-corrected chi connectivity index (χ1v) is 14.6. The lowest BCUT2D eigenvalue weighted by Crippen LogP contribution is -2.47. The Hall–Kier alpha value is -0.486. The Morgan fingerprint density at radius 3 is 1.82 bits per heavy atom. The van der Waals surface area contributed by atoms with Crippen LogP contribution in [0.1, 0.15) is 48.0 Å². The van der Waals surface area contributed by atoms with Crippen LogP contribution in [0.2, 0.25) is 37.8 Å². The first-order chi connectivity index (χ1) is 9.62. The average molecular weight is 337 g/mol. The summed E-state index contributed by atoms with van der Waals surface area (Å²) in [5.41, 5.74) is 3.47. The van der Waals surface area contributed by atoms with Gasteiger partial charge in [0, 0.05) is 11.8 Å². The Balaban J connectivity index is 5.60. The molecule has 3 heteroatoms. The molecule has 0 radical (unpaired) electrons. The van der Waals surface area contributed by atoms with E-state index in [1.807, 2.05) is 6.92 Å². The summed E-state index contributed by atoms with van der Waals surface area (Å²) in [6.07, 6.45) is 0.782. The lowest BCUT2D eigenvalue weighted by atomic mass is 9.84. The quantitative estimate of drug-likeness (QED) is 0.473. The minimum absolute atomic E-state index is 0.0408. The van der Waals surface area contributed by atoms with Crippen molar-refractivity contribution in [3.05, 3.63) is 0 Å². The van der Waals surface area contributed by atoms with E-state index in [0.29, 0.717) is 0 Å². The van der Waals surface area contributed by atoms with Gasteiger partial charge in [0.05, 0.1) is 0 Å². The monoisotopic (exact) mass is 336 g/mol. The van der Waals surface area contributed by atoms with Crippen LogP contribution >= 0.6 is 0 Å². The predicted molar refractivity (Wildman–Crippen MR) is 105 cm³/mol. The molecule has 22 heavy (non-hydrogen) atoms. The first-order valence-electron chi connectivity index (χ1n) is 8.22. The lowest BCUT2D eigenvalue weighted by molar-refractivity contribution is 0.111. The number of rotatable bonds is 4. The fourth-order valence-electron chi connectivity index (χ4n) is 1.55. The molecule has 0 saturated heterocycles. The summed E-state index contributed by atoms with van der Waals surface area (Å²) in [5.74, 6) is 9.72. The highest BCUT2D eigenvalue weighted by Gasteiger charge is 2.42. The van der Waals surface area contributed by atoms with E-state index in [9.17, 15) is 0 Å². The molecule has 0 aromatic heterocycles. The van der Waals surface area contributed by atoms with E-state index < -0.39 is 16.4 Å². The average Bonchev–Trinajstić information content (AvgIpc) is 2.29. The zero-order chi connectivity index (χ0) is 17.8. The zero-order valence-corrected chi connectivity index (χ0v) is 18.7. The highest BCUT2D eigenvalue weighted by molar-refractivity contribution is 6.83. The van der Waals surface area contributed by atoms with Gasteiger partial charge in [0.1, 0.15) is 14.2 Å². The van der Waals surface area contributed by atoms with Gasteiger partial charge in [-0.2, -0.15) is 0 Å². The molecule has 0 rings (SSSR count). The Morgan fingerprint density at radius 2 is 1.45 bits per heavy atom. The van der Waals surface area contributed by atoms with Crippen LogP contribution in [0.5, 0.6) is 0 Å². The lowest BCUT2D eigenvalue weighted by Gasteiger charge is -2.42. The Bertz CT molecular complexity index is 482. The summed E-state index contributed by atoms with van der Waals surface area (Å²) in [4.78, 5) is 0. The number of hydrogen-bond donors (Lipinski definition) is 0. The molecule has 0 aliphatic carbocycles.